The Morgan fingerprint density at radius 3 is 2.78 bits per heavy atom. The number of amides is 2. The van der Waals surface area contributed by atoms with E-state index in [4.69, 9.17) is 4.74 Å². The van der Waals surface area contributed by atoms with Crippen LogP contribution in [-0.2, 0) is 4.74 Å². The van der Waals surface area contributed by atoms with Crippen molar-refractivity contribution in [1.29, 1.82) is 0 Å². The van der Waals surface area contributed by atoms with E-state index in [0.29, 0.717) is 24.7 Å². The molecule has 0 bridgehead atoms. The molecule has 2 aliphatic rings. The number of rotatable bonds is 7. The number of hydrogen-bond acceptors (Lipinski definition) is 7. The molecule has 3 aromatic rings. The van der Waals surface area contributed by atoms with E-state index in [1.54, 1.807) is 30.6 Å². The Hall–Kier alpha value is -3.95. The van der Waals surface area contributed by atoms with Gasteiger partial charge >= 0.3 is 6.09 Å². The molecular weight excluding hydrogens is 472 g/mol. The summed E-state index contributed by atoms with van der Waals surface area (Å²) in [5.74, 6) is 0.922. The first-order chi connectivity index (χ1) is 18.0. The number of aromatic nitrogens is 3. The highest BCUT2D eigenvalue weighted by molar-refractivity contribution is 5.92. The number of carbonyl (C=O) groups excluding carboxylic acids is 2. The zero-order chi connectivity index (χ0) is 25.8. The maximum atomic E-state index is 12.8. The number of nitrogens with zero attached hydrogens (tertiary/aromatic N) is 4. The molecule has 5 rings (SSSR count). The van der Waals surface area contributed by atoms with E-state index < -0.39 is 5.91 Å². The van der Waals surface area contributed by atoms with E-state index in [2.05, 4.69) is 25.5 Å². The van der Waals surface area contributed by atoms with Gasteiger partial charge in [-0.25, -0.2) is 14.8 Å². The summed E-state index contributed by atoms with van der Waals surface area (Å²) in [5, 5.41) is 5.89. The molecule has 1 saturated heterocycles. The summed E-state index contributed by atoms with van der Waals surface area (Å²) < 4.78 is 6.77. The standard InChI is InChI=1S/C27H32N6O4/c1-18(29-26(35)22-14-25(34)33-13-3-2-9-24(33)31-22)20-10-11-23(28-15-20)32-12-5-8-21(16-32)30-27(36)37-17-19-6-4-7-19/h2-3,9-11,13-15,18-19,21H,4-8,12,16-17H2,1H3,(H,29,35)(H,30,36)/t18?,21-/m1/s1. The molecule has 1 unspecified atom stereocenters. The number of alkyl carbamates (subject to hydrolysis) is 1. The number of ether oxygens (including phenoxy) is 1. The molecule has 10 nitrogen and oxygen atoms in total. The number of carbonyl (C=O) groups is 2. The first-order valence-electron chi connectivity index (χ1n) is 12.9. The van der Waals surface area contributed by atoms with E-state index in [0.717, 1.165) is 43.6 Å². The van der Waals surface area contributed by atoms with Crippen molar-refractivity contribution in [2.45, 2.75) is 51.1 Å². The van der Waals surface area contributed by atoms with Crippen molar-refractivity contribution in [3.63, 3.8) is 0 Å². The van der Waals surface area contributed by atoms with Crippen LogP contribution in [0.3, 0.4) is 0 Å². The first kappa shape index (κ1) is 24.7. The van der Waals surface area contributed by atoms with Gasteiger partial charge in [-0.1, -0.05) is 18.6 Å². The summed E-state index contributed by atoms with van der Waals surface area (Å²) in [6, 6.07) is 9.97. The largest absolute Gasteiger partial charge is 0.449 e. The molecule has 194 valence electrons. The van der Waals surface area contributed by atoms with Gasteiger partial charge in [-0.05, 0) is 62.3 Å². The molecule has 37 heavy (non-hydrogen) atoms. The summed E-state index contributed by atoms with van der Waals surface area (Å²) in [4.78, 5) is 48.3. The van der Waals surface area contributed by atoms with Crippen LogP contribution >= 0.6 is 0 Å². The Kier molecular flexibility index (Phi) is 7.34. The predicted octanol–water partition coefficient (Wildman–Crippen LogP) is 3.08. The van der Waals surface area contributed by atoms with Gasteiger partial charge in [0.1, 0.15) is 17.2 Å². The lowest BCUT2D eigenvalue weighted by Gasteiger charge is -2.34. The van der Waals surface area contributed by atoms with Crippen LogP contribution in [0.15, 0.2) is 53.6 Å². The Labute approximate surface area is 215 Å². The van der Waals surface area contributed by atoms with Gasteiger partial charge < -0.3 is 20.3 Å². The van der Waals surface area contributed by atoms with Crippen LogP contribution in [0.4, 0.5) is 10.6 Å². The Morgan fingerprint density at radius 1 is 1.16 bits per heavy atom. The minimum Gasteiger partial charge on any atom is -0.449 e. The van der Waals surface area contributed by atoms with Gasteiger partial charge in [0, 0.05) is 37.6 Å². The minimum absolute atomic E-state index is 0.0147. The van der Waals surface area contributed by atoms with Crippen molar-refractivity contribution in [1.82, 2.24) is 25.0 Å². The van der Waals surface area contributed by atoms with Gasteiger partial charge in [-0.2, -0.15) is 0 Å². The molecule has 1 aliphatic heterocycles. The maximum Gasteiger partial charge on any atom is 0.407 e. The van der Waals surface area contributed by atoms with Crippen molar-refractivity contribution in [2.24, 2.45) is 5.92 Å². The van der Waals surface area contributed by atoms with Crippen molar-refractivity contribution in [2.75, 3.05) is 24.6 Å². The Morgan fingerprint density at radius 2 is 2.03 bits per heavy atom. The van der Waals surface area contributed by atoms with E-state index in [1.807, 2.05) is 19.1 Å². The third kappa shape index (κ3) is 5.90. The van der Waals surface area contributed by atoms with E-state index in [-0.39, 0.29) is 29.4 Å². The van der Waals surface area contributed by atoms with Gasteiger partial charge in [0.25, 0.3) is 11.5 Å². The fourth-order valence-corrected chi connectivity index (χ4v) is 4.73. The van der Waals surface area contributed by atoms with Crippen molar-refractivity contribution in [3.8, 4) is 0 Å². The molecule has 0 radical (unpaired) electrons. The van der Waals surface area contributed by atoms with Crippen molar-refractivity contribution in [3.05, 3.63) is 70.4 Å². The fourth-order valence-electron chi connectivity index (χ4n) is 4.73. The average Bonchev–Trinajstić information content (AvgIpc) is 2.88. The summed E-state index contributed by atoms with van der Waals surface area (Å²) in [6.45, 7) is 3.89. The average molecular weight is 505 g/mol. The zero-order valence-electron chi connectivity index (χ0n) is 20.9. The quantitative estimate of drug-likeness (QED) is 0.508. The molecule has 1 aliphatic carbocycles. The summed E-state index contributed by atoms with van der Waals surface area (Å²) in [6.07, 6.45) is 8.40. The van der Waals surface area contributed by atoms with E-state index in [9.17, 15) is 14.4 Å². The van der Waals surface area contributed by atoms with Gasteiger partial charge in [-0.15, -0.1) is 0 Å². The smallest absolute Gasteiger partial charge is 0.407 e. The Bertz CT molecular complexity index is 1320. The van der Waals surface area contributed by atoms with Gasteiger partial charge in [0.2, 0.25) is 0 Å². The molecule has 1 saturated carbocycles. The summed E-state index contributed by atoms with van der Waals surface area (Å²) >= 11 is 0. The lowest BCUT2D eigenvalue weighted by molar-refractivity contribution is 0.0934. The molecule has 2 fully saturated rings. The third-order valence-electron chi connectivity index (χ3n) is 7.16. The van der Waals surface area contributed by atoms with E-state index >= 15 is 0 Å². The second kappa shape index (κ2) is 11.0. The number of nitrogens with one attached hydrogen (secondary N) is 2. The first-order valence-corrected chi connectivity index (χ1v) is 12.9. The fraction of sp³-hybridized carbons (Fsp3) is 0.444. The second-order valence-electron chi connectivity index (χ2n) is 9.88. The molecule has 0 aromatic carbocycles. The number of hydrogen-bond donors (Lipinski definition) is 2. The molecule has 2 N–H and O–H groups in total. The number of anilines is 1. The van der Waals surface area contributed by atoms with Gasteiger partial charge in [0.15, 0.2) is 0 Å². The van der Waals surface area contributed by atoms with E-state index in [1.165, 1.54) is 16.9 Å². The topological polar surface area (TPSA) is 118 Å². The third-order valence-corrected chi connectivity index (χ3v) is 7.16. The molecule has 3 aromatic heterocycles. The lowest BCUT2D eigenvalue weighted by atomic mass is 9.86. The van der Waals surface area contributed by atoms with Crippen LogP contribution in [0.5, 0.6) is 0 Å². The van der Waals surface area contributed by atoms with Crippen LogP contribution in [0, 0.1) is 5.92 Å². The zero-order valence-corrected chi connectivity index (χ0v) is 20.9. The molecular formula is C27H32N6O4. The van der Waals surface area contributed by atoms with Crippen molar-refractivity contribution < 1.29 is 14.3 Å². The second-order valence-corrected chi connectivity index (χ2v) is 9.88. The molecule has 2 atom stereocenters. The SMILES string of the molecule is CC(NC(=O)c1cc(=O)n2ccccc2n1)c1ccc(N2CCC[C@@H](NC(=O)OCC3CCC3)C2)nc1. The van der Waals surface area contributed by atoms with Gasteiger partial charge in [0.05, 0.1) is 12.6 Å². The molecule has 10 heteroatoms. The van der Waals surface area contributed by atoms with Crippen LogP contribution in [0.25, 0.3) is 5.65 Å². The number of piperidine rings is 1. The summed E-state index contributed by atoms with van der Waals surface area (Å²) in [5.41, 5.74) is 1.02. The van der Waals surface area contributed by atoms with Crippen LogP contribution in [-0.4, -0.2) is 52.1 Å². The molecule has 0 spiro atoms. The van der Waals surface area contributed by atoms with Crippen LogP contribution in [0.2, 0.25) is 0 Å². The number of fused-ring (bicyclic) bond motifs is 1. The highest BCUT2D eigenvalue weighted by Gasteiger charge is 2.24. The number of pyridine rings is 2. The van der Waals surface area contributed by atoms with Gasteiger partial charge in [-0.3, -0.25) is 14.0 Å². The maximum absolute atomic E-state index is 12.8. The molecule has 2 amide bonds. The highest BCUT2D eigenvalue weighted by Crippen LogP contribution is 2.26. The summed E-state index contributed by atoms with van der Waals surface area (Å²) in [7, 11) is 0. The minimum atomic E-state index is -0.422. The molecule has 4 heterocycles. The monoisotopic (exact) mass is 504 g/mol. The van der Waals surface area contributed by atoms with Crippen LogP contribution in [0.1, 0.15) is 61.1 Å². The highest BCUT2D eigenvalue weighted by atomic mass is 16.5. The Balaban J connectivity index is 1.16. The van der Waals surface area contributed by atoms with Crippen LogP contribution < -0.4 is 21.1 Å². The predicted molar refractivity (Wildman–Crippen MR) is 139 cm³/mol. The lowest BCUT2D eigenvalue weighted by Crippen LogP contribution is -2.48. The normalized spacial score (nSPS) is 18.6. The van der Waals surface area contributed by atoms with Crippen molar-refractivity contribution >= 4 is 23.5 Å².